The summed E-state index contributed by atoms with van der Waals surface area (Å²) in [6, 6.07) is 6.72. The standard InChI is InChI=1S/C15H18N2O3S/c1-12-11-21(19,20)10-9-17(12)15(18)14-7-3-2-5-13(14)6-4-8-16/h2-3,5,7,12H,8-11,16H2,1H3. The minimum absolute atomic E-state index is 0.00931. The van der Waals surface area contributed by atoms with Crippen LogP contribution in [-0.2, 0) is 9.84 Å². The van der Waals surface area contributed by atoms with Crippen molar-refractivity contribution in [1.29, 1.82) is 0 Å². The molecule has 1 aliphatic heterocycles. The lowest BCUT2D eigenvalue weighted by Crippen LogP contribution is -2.49. The summed E-state index contributed by atoms with van der Waals surface area (Å²) >= 11 is 0. The molecule has 5 nitrogen and oxygen atoms in total. The molecule has 1 unspecified atom stereocenters. The second kappa shape index (κ2) is 6.29. The number of sulfone groups is 1. The molecular formula is C15H18N2O3S. The highest BCUT2D eigenvalue weighted by molar-refractivity contribution is 7.91. The number of hydrogen-bond donors (Lipinski definition) is 1. The molecule has 6 heteroatoms. The molecule has 21 heavy (non-hydrogen) atoms. The topological polar surface area (TPSA) is 80.5 Å². The lowest BCUT2D eigenvalue weighted by molar-refractivity contribution is 0.0712. The highest BCUT2D eigenvalue weighted by atomic mass is 32.2. The summed E-state index contributed by atoms with van der Waals surface area (Å²) < 4.78 is 23.2. The Bertz CT molecular complexity index is 701. The fourth-order valence-corrected chi connectivity index (χ4v) is 3.94. The first-order valence-electron chi connectivity index (χ1n) is 6.74. The molecule has 0 spiro atoms. The summed E-state index contributed by atoms with van der Waals surface area (Å²) in [7, 11) is -3.04. The Balaban J connectivity index is 2.29. The van der Waals surface area contributed by atoms with Crippen LogP contribution in [0.25, 0.3) is 0 Å². The summed E-state index contributed by atoms with van der Waals surface area (Å²) in [5.74, 6) is 5.46. The van der Waals surface area contributed by atoms with Gasteiger partial charge in [-0.05, 0) is 19.1 Å². The van der Waals surface area contributed by atoms with E-state index in [1.807, 2.05) is 0 Å². The van der Waals surface area contributed by atoms with Gasteiger partial charge in [-0.2, -0.15) is 0 Å². The summed E-state index contributed by atoms with van der Waals surface area (Å²) in [6.07, 6.45) is 0. The monoisotopic (exact) mass is 306 g/mol. The van der Waals surface area contributed by atoms with Crippen LogP contribution in [0.15, 0.2) is 24.3 Å². The molecule has 0 saturated carbocycles. The Kier molecular flexibility index (Phi) is 4.66. The molecule has 1 aliphatic rings. The summed E-state index contributed by atoms with van der Waals surface area (Å²) in [5.41, 5.74) is 6.47. The minimum atomic E-state index is -3.04. The van der Waals surface area contributed by atoms with Crippen LogP contribution in [-0.4, -0.2) is 49.9 Å². The van der Waals surface area contributed by atoms with Gasteiger partial charge in [0.05, 0.1) is 23.6 Å². The van der Waals surface area contributed by atoms with Crippen molar-refractivity contribution in [3.8, 4) is 11.8 Å². The molecule has 0 radical (unpaired) electrons. The average Bonchev–Trinajstić information content (AvgIpc) is 2.44. The number of nitrogens with two attached hydrogens (primary N) is 1. The fraction of sp³-hybridized carbons (Fsp3) is 0.400. The average molecular weight is 306 g/mol. The maximum absolute atomic E-state index is 12.6. The van der Waals surface area contributed by atoms with Gasteiger partial charge >= 0.3 is 0 Å². The van der Waals surface area contributed by atoms with Gasteiger partial charge in [-0.15, -0.1) is 0 Å². The van der Waals surface area contributed by atoms with Gasteiger partial charge in [0.15, 0.2) is 9.84 Å². The molecule has 2 rings (SSSR count). The van der Waals surface area contributed by atoms with Crippen molar-refractivity contribution in [2.75, 3.05) is 24.6 Å². The van der Waals surface area contributed by atoms with E-state index < -0.39 is 9.84 Å². The number of amides is 1. The summed E-state index contributed by atoms with van der Waals surface area (Å²) in [4.78, 5) is 14.2. The summed E-state index contributed by atoms with van der Waals surface area (Å²) in [6.45, 7) is 2.20. The molecule has 0 bridgehead atoms. The first-order valence-corrected chi connectivity index (χ1v) is 8.56. The third kappa shape index (κ3) is 3.63. The van der Waals surface area contributed by atoms with E-state index in [0.29, 0.717) is 11.1 Å². The van der Waals surface area contributed by atoms with Gasteiger partial charge in [-0.25, -0.2) is 8.42 Å². The normalized spacial score (nSPS) is 20.5. The van der Waals surface area contributed by atoms with Gasteiger partial charge in [0, 0.05) is 18.2 Å². The van der Waals surface area contributed by atoms with Crippen LogP contribution in [0.1, 0.15) is 22.8 Å². The van der Waals surface area contributed by atoms with Crippen molar-refractivity contribution in [3.63, 3.8) is 0 Å². The van der Waals surface area contributed by atoms with E-state index in [2.05, 4.69) is 11.8 Å². The molecule has 1 saturated heterocycles. The smallest absolute Gasteiger partial charge is 0.255 e. The third-order valence-corrected chi connectivity index (χ3v) is 5.21. The highest BCUT2D eigenvalue weighted by Crippen LogP contribution is 2.17. The van der Waals surface area contributed by atoms with Gasteiger partial charge < -0.3 is 10.6 Å². The van der Waals surface area contributed by atoms with Crippen molar-refractivity contribution < 1.29 is 13.2 Å². The van der Waals surface area contributed by atoms with Crippen LogP contribution in [0.2, 0.25) is 0 Å². The summed E-state index contributed by atoms with van der Waals surface area (Å²) in [5, 5.41) is 0. The zero-order chi connectivity index (χ0) is 15.5. The van der Waals surface area contributed by atoms with E-state index in [1.165, 1.54) is 0 Å². The molecule has 0 aliphatic carbocycles. The molecule has 1 fully saturated rings. The molecule has 2 N–H and O–H groups in total. The maximum atomic E-state index is 12.6. The molecule has 1 atom stereocenters. The number of hydrogen-bond acceptors (Lipinski definition) is 4. The van der Waals surface area contributed by atoms with E-state index in [-0.39, 0.29) is 36.5 Å². The van der Waals surface area contributed by atoms with Crippen LogP contribution < -0.4 is 5.73 Å². The van der Waals surface area contributed by atoms with Crippen molar-refractivity contribution in [1.82, 2.24) is 4.90 Å². The van der Waals surface area contributed by atoms with E-state index in [4.69, 9.17) is 5.73 Å². The Labute approximate surface area is 125 Å². The van der Waals surface area contributed by atoms with E-state index in [0.717, 1.165) is 0 Å². The van der Waals surface area contributed by atoms with Crippen molar-refractivity contribution >= 4 is 15.7 Å². The molecule has 1 heterocycles. The quantitative estimate of drug-likeness (QED) is 0.755. The minimum Gasteiger partial charge on any atom is -0.334 e. The zero-order valence-corrected chi connectivity index (χ0v) is 12.7. The first kappa shape index (κ1) is 15.5. The molecular weight excluding hydrogens is 288 g/mol. The number of rotatable bonds is 1. The second-order valence-electron chi connectivity index (χ2n) is 5.01. The predicted octanol–water partition coefficient (Wildman–Crippen LogP) is 0.256. The van der Waals surface area contributed by atoms with Gasteiger partial charge in [-0.1, -0.05) is 24.0 Å². The van der Waals surface area contributed by atoms with Crippen LogP contribution in [0.5, 0.6) is 0 Å². The lowest BCUT2D eigenvalue weighted by Gasteiger charge is -2.33. The fourth-order valence-electron chi connectivity index (χ4n) is 2.38. The Hall–Kier alpha value is -1.84. The van der Waals surface area contributed by atoms with E-state index in [9.17, 15) is 13.2 Å². The Morgan fingerprint density at radius 2 is 2.14 bits per heavy atom. The molecule has 1 aromatic carbocycles. The maximum Gasteiger partial charge on any atom is 0.255 e. The third-order valence-electron chi connectivity index (χ3n) is 3.41. The van der Waals surface area contributed by atoms with Crippen molar-refractivity contribution in [2.45, 2.75) is 13.0 Å². The largest absolute Gasteiger partial charge is 0.334 e. The Morgan fingerprint density at radius 3 is 2.81 bits per heavy atom. The number of benzene rings is 1. The number of carbonyl (C=O) groups is 1. The predicted molar refractivity (Wildman–Crippen MR) is 81.5 cm³/mol. The molecule has 112 valence electrons. The Morgan fingerprint density at radius 1 is 1.43 bits per heavy atom. The van der Waals surface area contributed by atoms with Crippen LogP contribution in [0.4, 0.5) is 0 Å². The first-order chi connectivity index (χ1) is 9.94. The van der Waals surface area contributed by atoms with Gasteiger partial charge in [0.2, 0.25) is 0 Å². The highest BCUT2D eigenvalue weighted by Gasteiger charge is 2.32. The molecule has 0 aromatic heterocycles. The second-order valence-corrected chi connectivity index (χ2v) is 7.24. The zero-order valence-electron chi connectivity index (χ0n) is 11.9. The van der Waals surface area contributed by atoms with Crippen LogP contribution in [0, 0.1) is 11.8 Å². The van der Waals surface area contributed by atoms with Gasteiger partial charge in [0.25, 0.3) is 5.91 Å². The lowest BCUT2D eigenvalue weighted by atomic mass is 10.1. The van der Waals surface area contributed by atoms with Crippen molar-refractivity contribution in [2.24, 2.45) is 5.73 Å². The number of carbonyl (C=O) groups excluding carboxylic acids is 1. The van der Waals surface area contributed by atoms with E-state index >= 15 is 0 Å². The number of nitrogens with zero attached hydrogens (tertiary/aromatic N) is 1. The van der Waals surface area contributed by atoms with Gasteiger partial charge in [-0.3, -0.25) is 4.79 Å². The molecule has 1 amide bonds. The SMILES string of the molecule is CC1CS(=O)(=O)CCN1C(=O)c1ccccc1C#CCN. The van der Waals surface area contributed by atoms with Crippen LogP contribution >= 0.6 is 0 Å². The van der Waals surface area contributed by atoms with Crippen molar-refractivity contribution in [3.05, 3.63) is 35.4 Å². The van der Waals surface area contributed by atoms with Crippen LogP contribution in [0.3, 0.4) is 0 Å². The van der Waals surface area contributed by atoms with E-state index in [1.54, 1.807) is 36.1 Å². The molecule has 1 aromatic rings. The van der Waals surface area contributed by atoms with Gasteiger partial charge in [0.1, 0.15) is 0 Å².